The first-order valence-electron chi connectivity index (χ1n) is 7.12. The van der Waals surface area contributed by atoms with E-state index in [4.69, 9.17) is 18.9 Å². The summed E-state index contributed by atoms with van der Waals surface area (Å²) in [6.07, 6.45) is -1.30. The van der Waals surface area contributed by atoms with E-state index in [1.165, 1.54) is 14.0 Å². The fourth-order valence-corrected chi connectivity index (χ4v) is 2.31. The molecule has 0 radical (unpaired) electrons. The van der Waals surface area contributed by atoms with Crippen LogP contribution in [0.2, 0.25) is 0 Å². The Kier molecular flexibility index (Phi) is 5.91. The molecule has 3 atom stereocenters. The third kappa shape index (κ3) is 4.54. The van der Waals surface area contributed by atoms with Gasteiger partial charge in [0.05, 0.1) is 12.7 Å². The molecule has 0 aromatic heterocycles. The molecule has 0 amide bonds. The smallest absolute Gasteiger partial charge is 0.335 e. The van der Waals surface area contributed by atoms with Crippen LogP contribution in [0.15, 0.2) is 30.3 Å². The van der Waals surface area contributed by atoms with Gasteiger partial charge in [-0.15, -0.1) is 0 Å². The van der Waals surface area contributed by atoms with E-state index in [1.54, 1.807) is 0 Å². The lowest BCUT2D eigenvalue weighted by atomic mass is 10.0. The standard InChI is InChI=1S/C16H20O6/c1-11(17)22-15-10-20-14(8-13(15)19-2)16(18)21-9-12-6-4-3-5-7-12/h3-7,13-15H,8-10H2,1-2H3/t13-,14?,15?/m0/s1. The fourth-order valence-electron chi connectivity index (χ4n) is 2.31. The molecule has 1 aliphatic heterocycles. The van der Waals surface area contributed by atoms with Gasteiger partial charge < -0.3 is 18.9 Å². The van der Waals surface area contributed by atoms with Crippen molar-refractivity contribution in [3.8, 4) is 0 Å². The van der Waals surface area contributed by atoms with Crippen molar-refractivity contribution in [1.29, 1.82) is 0 Å². The number of carbonyl (C=O) groups excluding carboxylic acids is 2. The summed E-state index contributed by atoms with van der Waals surface area (Å²) in [4.78, 5) is 23.1. The zero-order valence-electron chi connectivity index (χ0n) is 12.7. The predicted molar refractivity (Wildman–Crippen MR) is 76.9 cm³/mol. The number of ether oxygens (including phenoxy) is 4. The molecule has 2 rings (SSSR count). The second-order valence-corrected chi connectivity index (χ2v) is 5.07. The third-order valence-electron chi connectivity index (χ3n) is 3.43. The number of hydrogen-bond donors (Lipinski definition) is 0. The molecule has 0 saturated carbocycles. The molecular weight excluding hydrogens is 288 g/mol. The summed E-state index contributed by atoms with van der Waals surface area (Å²) >= 11 is 0. The highest BCUT2D eigenvalue weighted by Crippen LogP contribution is 2.21. The fraction of sp³-hybridized carbons (Fsp3) is 0.500. The van der Waals surface area contributed by atoms with Crippen LogP contribution in [0, 0.1) is 0 Å². The van der Waals surface area contributed by atoms with Gasteiger partial charge in [0.25, 0.3) is 0 Å². The normalized spacial score (nSPS) is 24.5. The molecule has 22 heavy (non-hydrogen) atoms. The van der Waals surface area contributed by atoms with E-state index in [0.717, 1.165) is 5.56 Å². The van der Waals surface area contributed by atoms with Crippen LogP contribution in [-0.4, -0.2) is 44.0 Å². The SMILES string of the molecule is CO[C@H]1CC(C(=O)OCc2ccccc2)OCC1OC(C)=O. The Balaban J connectivity index is 1.85. The summed E-state index contributed by atoms with van der Waals surface area (Å²) in [5.41, 5.74) is 0.910. The maximum absolute atomic E-state index is 12.1. The molecule has 120 valence electrons. The first-order valence-corrected chi connectivity index (χ1v) is 7.12. The van der Waals surface area contributed by atoms with Crippen LogP contribution in [0.3, 0.4) is 0 Å². The molecule has 6 nitrogen and oxygen atoms in total. The van der Waals surface area contributed by atoms with Crippen LogP contribution < -0.4 is 0 Å². The molecule has 1 saturated heterocycles. The average molecular weight is 308 g/mol. The molecule has 1 aromatic carbocycles. The highest BCUT2D eigenvalue weighted by Gasteiger charge is 2.37. The van der Waals surface area contributed by atoms with Crippen molar-refractivity contribution >= 4 is 11.9 Å². The minimum atomic E-state index is -0.708. The van der Waals surface area contributed by atoms with Gasteiger partial charge in [0.15, 0.2) is 12.2 Å². The number of benzene rings is 1. The van der Waals surface area contributed by atoms with Crippen LogP contribution in [-0.2, 0) is 35.1 Å². The van der Waals surface area contributed by atoms with Crippen molar-refractivity contribution in [2.75, 3.05) is 13.7 Å². The van der Waals surface area contributed by atoms with Gasteiger partial charge in [0.2, 0.25) is 0 Å². The maximum atomic E-state index is 12.1. The van der Waals surface area contributed by atoms with Crippen molar-refractivity contribution < 1.29 is 28.5 Å². The van der Waals surface area contributed by atoms with Gasteiger partial charge in [-0.05, 0) is 5.56 Å². The Hall–Kier alpha value is -1.92. The Morgan fingerprint density at radius 2 is 1.95 bits per heavy atom. The van der Waals surface area contributed by atoms with E-state index in [1.807, 2.05) is 30.3 Å². The predicted octanol–water partition coefficient (Wildman–Crippen LogP) is 1.47. The first-order chi connectivity index (χ1) is 10.6. The number of rotatable bonds is 5. The molecule has 1 aliphatic rings. The van der Waals surface area contributed by atoms with Crippen LogP contribution in [0.1, 0.15) is 18.9 Å². The lowest BCUT2D eigenvalue weighted by Gasteiger charge is -2.33. The molecule has 6 heteroatoms. The second kappa shape index (κ2) is 7.91. The Bertz CT molecular complexity index is 501. The summed E-state index contributed by atoms with van der Waals surface area (Å²) in [7, 11) is 1.51. The molecule has 1 fully saturated rings. The summed E-state index contributed by atoms with van der Waals surface area (Å²) in [5, 5.41) is 0. The van der Waals surface area contributed by atoms with Crippen molar-refractivity contribution in [2.24, 2.45) is 0 Å². The van der Waals surface area contributed by atoms with E-state index < -0.39 is 24.1 Å². The van der Waals surface area contributed by atoms with Crippen LogP contribution in [0.4, 0.5) is 0 Å². The molecule has 1 heterocycles. The zero-order chi connectivity index (χ0) is 15.9. The van der Waals surface area contributed by atoms with Gasteiger partial charge in [-0.25, -0.2) is 4.79 Å². The first kappa shape index (κ1) is 16.5. The van der Waals surface area contributed by atoms with Gasteiger partial charge in [-0.2, -0.15) is 0 Å². The van der Waals surface area contributed by atoms with Crippen molar-refractivity contribution in [1.82, 2.24) is 0 Å². The van der Waals surface area contributed by atoms with E-state index in [0.29, 0.717) is 6.42 Å². The van der Waals surface area contributed by atoms with Crippen LogP contribution >= 0.6 is 0 Å². The van der Waals surface area contributed by atoms with Gasteiger partial charge >= 0.3 is 11.9 Å². The number of carbonyl (C=O) groups is 2. The molecule has 0 bridgehead atoms. The van der Waals surface area contributed by atoms with E-state index >= 15 is 0 Å². The Labute approximate surface area is 129 Å². The van der Waals surface area contributed by atoms with Crippen LogP contribution in [0.5, 0.6) is 0 Å². The molecule has 2 unspecified atom stereocenters. The zero-order valence-corrected chi connectivity index (χ0v) is 12.7. The van der Waals surface area contributed by atoms with Gasteiger partial charge in [0.1, 0.15) is 6.61 Å². The van der Waals surface area contributed by atoms with Crippen molar-refractivity contribution in [3.63, 3.8) is 0 Å². The third-order valence-corrected chi connectivity index (χ3v) is 3.43. The highest BCUT2D eigenvalue weighted by atomic mass is 16.6. The van der Waals surface area contributed by atoms with Crippen LogP contribution in [0.25, 0.3) is 0 Å². The lowest BCUT2D eigenvalue weighted by molar-refractivity contribution is -0.189. The van der Waals surface area contributed by atoms with E-state index in [-0.39, 0.29) is 19.3 Å². The summed E-state index contributed by atoms with van der Waals surface area (Å²) in [6.45, 7) is 1.64. The topological polar surface area (TPSA) is 71.1 Å². The lowest BCUT2D eigenvalue weighted by Crippen LogP contribution is -2.47. The van der Waals surface area contributed by atoms with Crippen molar-refractivity contribution in [3.05, 3.63) is 35.9 Å². The maximum Gasteiger partial charge on any atom is 0.335 e. The average Bonchev–Trinajstić information content (AvgIpc) is 2.53. The minimum Gasteiger partial charge on any atom is -0.459 e. The molecule has 0 N–H and O–H groups in total. The second-order valence-electron chi connectivity index (χ2n) is 5.07. The van der Waals surface area contributed by atoms with Gasteiger partial charge in [-0.3, -0.25) is 4.79 Å². The highest BCUT2D eigenvalue weighted by molar-refractivity contribution is 5.75. The molecule has 1 aromatic rings. The minimum absolute atomic E-state index is 0.114. The Morgan fingerprint density at radius 3 is 2.59 bits per heavy atom. The largest absolute Gasteiger partial charge is 0.459 e. The van der Waals surface area contributed by atoms with Gasteiger partial charge in [0, 0.05) is 20.5 Å². The summed E-state index contributed by atoms with van der Waals surface area (Å²) < 4.78 is 21.1. The monoisotopic (exact) mass is 308 g/mol. The van der Waals surface area contributed by atoms with Gasteiger partial charge in [-0.1, -0.05) is 30.3 Å². The van der Waals surface area contributed by atoms with Crippen molar-refractivity contribution in [2.45, 2.75) is 38.3 Å². The molecule has 0 spiro atoms. The number of esters is 2. The summed E-state index contributed by atoms with van der Waals surface area (Å²) in [6, 6.07) is 9.41. The van der Waals surface area contributed by atoms with E-state index in [9.17, 15) is 9.59 Å². The van der Waals surface area contributed by atoms with E-state index in [2.05, 4.69) is 0 Å². The quantitative estimate of drug-likeness (QED) is 0.767. The molecule has 0 aliphatic carbocycles. The molecular formula is C16H20O6. The Morgan fingerprint density at radius 1 is 1.23 bits per heavy atom. The number of hydrogen-bond acceptors (Lipinski definition) is 6. The summed E-state index contributed by atoms with van der Waals surface area (Å²) in [5.74, 6) is -0.840. The number of methoxy groups -OCH3 is 1.